The number of hydrogen-bond donors (Lipinski definition) is 1. The molecule has 0 aliphatic rings. The lowest BCUT2D eigenvalue weighted by Crippen LogP contribution is -2.12. The molecule has 0 radical (unpaired) electrons. The van der Waals surface area contributed by atoms with E-state index >= 15 is 0 Å². The predicted octanol–water partition coefficient (Wildman–Crippen LogP) is 3.10. The Morgan fingerprint density at radius 1 is 1.50 bits per heavy atom. The molecule has 0 saturated carbocycles. The van der Waals surface area contributed by atoms with Crippen molar-refractivity contribution in [3.63, 3.8) is 0 Å². The van der Waals surface area contributed by atoms with Crippen LogP contribution in [0.2, 0.25) is 5.02 Å². The number of halogens is 1. The highest BCUT2D eigenvalue weighted by atomic mass is 35.5. The Balaban J connectivity index is 2.64. The SMILES string of the molecule is CCNCc1cccc(Cl)c1SCCC(=O)OC. The molecule has 0 bridgehead atoms. The molecule has 0 fully saturated rings. The Labute approximate surface area is 117 Å². The van der Waals surface area contributed by atoms with Gasteiger partial charge < -0.3 is 10.1 Å². The van der Waals surface area contributed by atoms with Gasteiger partial charge in [-0.2, -0.15) is 0 Å². The van der Waals surface area contributed by atoms with Crippen molar-refractivity contribution < 1.29 is 9.53 Å². The third kappa shape index (κ3) is 4.88. The number of methoxy groups -OCH3 is 1. The van der Waals surface area contributed by atoms with Gasteiger partial charge in [0.2, 0.25) is 0 Å². The molecule has 0 aliphatic carbocycles. The van der Waals surface area contributed by atoms with Gasteiger partial charge in [-0.25, -0.2) is 0 Å². The van der Waals surface area contributed by atoms with Crippen LogP contribution in [0.3, 0.4) is 0 Å². The number of thioether (sulfide) groups is 1. The predicted molar refractivity (Wildman–Crippen MR) is 76.2 cm³/mol. The summed E-state index contributed by atoms with van der Waals surface area (Å²) in [5, 5.41) is 4.02. The molecule has 100 valence electrons. The molecule has 1 aromatic carbocycles. The Morgan fingerprint density at radius 2 is 2.28 bits per heavy atom. The number of esters is 1. The Morgan fingerprint density at radius 3 is 2.94 bits per heavy atom. The molecule has 0 spiro atoms. The summed E-state index contributed by atoms with van der Waals surface area (Å²) >= 11 is 7.79. The molecule has 0 atom stereocenters. The monoisotopic (exact) mass is 287 g/mol. The summed E-state index contributed by atoms with van der Waals surface area (Å²) in [6, 6.07) is 5.87. The summed E-state index contributed by atoms with van der Waals surface area (Å²) in [5.41, 5.74) is 1.17. The van der Waals surface area contributed by atoms with Crippen LogP contribution in [0.1, 0.15) is 18.9 Å². The fourth-order valence-corrected chi connectivity index (χ4v) is 2.81. The standard InChI is InChI=1S/C13H18ClNO2S/c1-3-15-9-10-5-4-6-11(14)13(10)18-8-7-12(16)17-2/h4-6,15H,3,7-9H2,1-2H3. The zero-order chi connectivity index (χ0) is 13.4. The lowest BCUT2D eigenvalue weighted by atomic mass is 10.2. The van der Waals surface area contributed by atoms with E-state index in [2.05, 4.69) is 23.0 Å². The third-order valence-corrected chi connectivity index (χ3v) is 4.00. The molecule has 18 heavy (non-hydrogen) atoms. The van der Waals surface area contributed by atoms with Gasteiger partial charge in [0, 0.05) is 17.2 Å². The second kappa shape index (κ2) is 8.40. The van der Waals surface area contributed by atoms with Gasteiger partial charge in [0.1, 0.15) is 0 Å². The lowest BCUT2D eigenvalue weighted by Gasteiger charge is -2.11. The van der Waals surface area contributed by atoms with Crippen molar-refractivity contribution in [2.24, 2.45) is 0 Å². The van der Waals surface area contributed by atoms with Crippen molar-refractivity contribution in [1.82, 2.24) is 5.32 Å². The fraction of sp³-hybridized carbons (Fsp3) is 0.462. The van der Waals surface area contributed by atoms with Gasteiger partial charge >= 0.3 is 5.97 Å². The fourth-order valence-electron chi connectivity index (χ4n) is 1.45. The zero-order valence-electron chi connectivity index (χ0n) is 10.7. The number of rotatable bonds is 7. The van der Waals surface area contributed by atoms with Crippen molar-refractivity contribution in [3.8, 4) is 0 Å². The summed E-state index contributed by atoms with van der Waals surface area (Å²) < 4.78 is 4.62. The van der Waals surface area contributed by atoms with E-state index in [4.69, 9.17) is 11.6 Å². The molecular weight excluding hydrogens is 270 g/mol. The summed E-state index contributed by atoms with van der Waals surface area (Å²) in [6.07, 6.45) is 0.396. The highest BCUT2D eigenvalue weighted by Gasteiger charge is 2.08. The molecule has 0 saturated heterocycles. The number of carbonyl (C=O) groups is 1. The average Bonchev–Trinajstić information content (AvgIpc) is 2.38. The minimum Gasteiger partial charge on any atom is -0.469 e. The van der Waals surface area contributed by atoms with Crippen LogP contribution in [0.5, 0.6) is 0 Å². The van der Waals surface area contributed by atoms with Crippen LogP contribution >= 0.6 is 23.4 Å². The van der Waals surface area contributed by atoms with Crippen LogP contribution in [0, 0.1) is 0 Å². The molecule has 5 heteroatoms. The number of hydrogen-bond acceptors (Lipinski definition) is 4. The molecule has 1 aromatic rings. The second-order valence-corrected chi connectivity index (χ2v) is 5.20. The van der Waals surface area contributed by atoms with Crippen molar-refractivity contribution in [2.75, 3.05) is 19.4 Å². The minimum atomic E-state index is -0.192. The maximum Gasteiger partial charge on any atom is 0.306 e. The van der Waals surface area contributed by atoms with E-state index in [1.165, 1.54) is 12.7 Å². The molecule has 0 amide bonds. The van der Waals surface area contributed by atoms with Gasteiger partial charge in [-0.3, -0.25) is 4.79 Å². The van der Waals surface area contributed by atoms with Crippen LogP contribution in [-0.2, 0) is 16.1 Å². The molecule has 1 rings (SSSR count). The van der Waals surface area contributed by atoms with E-state index in [0.29, 0.717) is 12.2 Å². The lowest BCUT2D eigenvalue weighted by molar-refractivity contribution is -0.140. The van der Waals surface area contributed by atoms with E-state index in [0.717, 1.165) is 23.0 Å². The second-order valence-electron chi connectivity index (χ2n) is 3.68. The van der Waals surface area contributed by atoms with Crippen molar-refractivity contribution in [3.05, 3.63) is 28.8 Å². The van der Waals surface area contributed by atoms with Crippen LogP contribution < -0.4 is 5.32 Å². The molecule has 0 aliphatic heterocycles. The first-order valence-electron chi connectivity index (χ1n) is 5.86. The van der Waals surface area contributed by atoms with Crippen molar-refractivity contribution in [1.29, 1.82) is 0 Å². The molecule has 0 unspecified atom stereocenters. The van der Waals surface area contributed by atoms with Crippen molar-refractivity contribution in [2.45, 2.75) is 24.8 Å². The molecule has 3 nitrogen and oxygen atoms in total. The molecule has 0 aromatic heterocycles. The van der Waals surface area contributed by atoms with E-state index in [-0.39, 0.29) is 5.97 Å². The highest BCUT2D eigenvalue weighted by molar-refractivity contribution is 7.99. The van der Waals surface area contributed by atoms with Gasteiger partial charge in [-0.15, -0.1) is 11.8 Å². The molecule has 0 heterocycles. The first-order chi connectivity index (χ1) is 8.69. The summed E-state index contributed by atoms with van der Waals surface area (Å²) in [6.45, 7) is 3.77. The Hall–Kier alpha value is -0.710. The van der Waals surface area contributed by atoms with Gasteiger partial charge in [-0.05, 0) is 18.2 Å². The van der Waals surface area contributed by atoms with E-state index in [1.54, 1.807) is 11.8 Å². The number of benzene rings is 1. The maximum atomic E-state index is 11.1. The number of nitrogens with one attached hydrogen (secondary N) is 1. The Bertz CT molecular complexity index is 399. The normalized spacial score (nSPS) is 10.4. The largest absolute Gasteiger partial charge is 0.469 e. The van der Waals surface area contributed by atoms with Crippen LogP contribution in [0.4, 0.5) is 0 Å². The van der Waals surface area contributed by atoms with E-state index < -0.39 is 0 Å². The average molecular weight is 288 g/mol. The van der Waals surface area contributed by atoms with Gasteiger partial charge in [-0.1, -0.05) is 30.7 Å². The van der Waals surface area contributed by atoms with E-state index in [9.17, 15) is 4.79 Å². The third-order valence-electron chi connectivity index (χ3n) is 2.39. The Kier molecular flexibility index (Phi) is 7.16. The van der Waals surface area contributed by atoms with Crippen LogP contribution in [0.15, 0.2) is 23.1 Å². The van der Waals surface area contributed by atoms with Crippen molar-refractivity contribution >= 4 is 29.3 Å². The van der Waals surface area contributed by atoms with Gasteiger partial charge in [0.15, 0.2) is 0 Å². The highest BCUT2D eigenvalue weighted by Crippen LogP contribution is 2.31. The van der Waals surface area contributed by atoms with Gasteiger partial charge in [0.05, 0.1) is 18.6 Å². The number of carbonyl (C=O) groups excluding carboxylic acids is 1. The maximum absolute atomic E-state index is 11.1. The smallest absolute Gasteiger partial charge is 0.306 e. The van der Waals surface area contributed by atoms with Crippen LogP contribution in [0.25, 0.3) is 0 Å². The summed E-state index contributed by atoms with van der Waals surface area (Å²) in [5.74, 6) is 0.484. The molecular formula is C13H18ClNO2S. The van der Waals surface area contributed by atoms with Crippen LogP contribution in [-0.4, -0.2) is 25.4 Å². The quantitative estimate of drug-likeness (QED) is 0.618. The summed E-state index contributed by atoms with van der Waals surface area (Å²) in [4.78, 5) is 12.1. The topological polar surface area (TPSA) is 38.3 Å². The first-order valence-corrected chi connectivity index (χ1v) is 7.23. The van der Waals surface area contributed by atoms with E-state index in [1.807, 2.05) is 12.1 Å². The number of ether oxygens (including phenoxy) is 1. The van der Waals surface area contributed by atoms with Gasteiger partial charge in [0.25, 0.3) is 0 Å². The minimum absolute atomic E-state index is 0.192. The molecule has 1 N–H and O–H groups in total. The zero-order valence-corrected chi connectivity index (χ0v) is 12.2. The first kappa shape index (κ1) is 15.3. The summed E-state index contributed by atoms with van der Waals surface area (Å²) in [7, 11) is 1.40.